The van der Waals surface area contributed by atoms with E-state index >= 15 is 0 Å². The number of aliphatic imine (C=N–C) groups is 1. The molecule has 0 aromatic carbocycles. The molecule has 0 spiro atoms. The molecular formula is C16H30IN5S. The van der Waals surface area contributed by atoms with E-state index in [4.69, 9.17) is 0 Å². The Bertz CT molecular complexity index is 443. The van der Waals surface area contributed by atoms with Gasteiger partial charge in [0.05, 0.1) is 6.54 Å². The minimum atomic E-state index is 0. The Kier molecular flexibility index (Phi) is 10.1. The highest BCUT2D eigenvalue weighted by atomic mass is 127. The van der Waals surface area contributed by atoms with Crippen LogP contribution in [0.25, 0.3) is 0 Å². The van der Waals surface area contributed by atoms with Gasteiger partial charge in [0.2, 0.25) is 0 Å². The van der Waals surface area contributed by atoms with E-state index in [-0.39, 0.29) is 24.0 Å². The number of nitrogens with zero attached hydrogens (tertiary/aromatic N) is 3. The van der Waals surface area contributed by atoms with Crippen LogP contribution < -0.4 is 10.6 Å². The third kappa shape index (κ3) is 7.36. The molecule has 1 saturated heterocycles. The second kappa shape index (κ2) is 11.2. The zero-order chi connectivity index (χ0) is 15.8. The molecule has 1 fully saturated rings. The fraction of sp³-hybridized carbons (Fsp3) is 0.688. The van der Waals surface area contributed by atoms with Crippen LogP contribution in [0.15, 0.2) is 22.5 Å². The number of hydrogen-bond acceptors (Lipinski definition) is 4. The third-order valence-corrected chi connectivity index (χ3v) is 4.90. The summed E-state index contributed by atoms with van der Waals surface area (Å²) in [5.41, 5.74) is 0. The highest BCUT2D eigenvalue weighted by molar-refractivity contribution is 14.0. The Labute approximate surface area is 161 Å². The quantitative estimate of drug-likeness (QED) is 0.395. The lowest BCUT2D eigenvalue weighted by Crippen LogP contribution is -2.52. The van der Waals surface area contributed by atoms with E-state index in [0.29, 0.717) is 6.04 Å². The Balaban J connectivity index is 0.00000264. The molecule has 7 heteroatoms. The average Bonchev–Trinajstić information content (AvgIpc) is 3.04. The van der Waals surface area contributed by atoms with Gasteiger partial charge in [0.15, 0.2) is 5.96 Å². The van der Waals surface area contributed by atoms with Crippen molar-refractivity contribution < 1.29 is 0 Å². The zero-order valence-electron chi connectivity index (χ0n) is 14.4. The maximum absolute atomic E-state index is 4.66. The topological polar surface area (TPSA) is 42.9 Å². The van der Waals surface area contributed by atoms with Crippen LogP contribution in [0.2, 0.25) is 0 Å². The van der Waals surface area contributed by atoms with E-state index in [2.05, 4.69) is 63.8 Å². The minimum Gasteiger partial charge on any atom is -0.357 e. The molecule has 0 bridgehead atoms. The van der Waals surface area contributed by atoms with Gasteiger partial charge in [-0.05, 0) is 32.3 Å². The number of thiophene rings is 1. The molecule has 0 saturated carbocycles. The monoisotopic (exact) mass is 451 g/mol. The van der Waals surface area contributed by atoms with Crippen LogP contribution in [0.1, 0.15) is 18.7 Å². The van der Waals surface area contributed by atoms with Gasteiger partial charge in [-0.25, -0.2) is 4.99 Å². The van der Waals surface area contributed by atoms with E-state index in [9.17, 15) is 0 Å². The molecule has 132 valence electrons. The summed E-state index contributed by atoms with van der Waals surface area (Å²) in [5.74, 6) is 0.914. The first kappa shape index (κ1) is 20.7. The minimum absolute atomic E-state index is 0. The molecule has 0 amide bonds. The number of rotatable bonds is 6. The van der Waals surface area contributed by atoms with Crippen molar-refractivity contribution in [2.75, 3.05) is 46.3 Å². The van der Waals surface area contributed by atoms with Gasteiger partial charge >= 0.3 is 0 Å². The Morgan fingerprint density at radius 2 is 2.04 bits per heavy atom. The molecule has 0 aliphatic carbocycles. The molecule has 1 aliphatic heterocycles. The van der Waals surface area contributed by atoms with E-state index in [1.807, 2.05) is 0 Å². The van der Waals surface area contributed by atoms with Gasteiger partial charge in [-0.15, -0.1) is 35.3 Å². The summed E-state index contributed by atoms with van der Waals surface area (Å²) in [6.07, 6.45) is 0. The molecule has 2 heterocycles. The number of likely N-dealkylation sites (N-methyl/N-ethyl adjacent to an activating group) is 1. The smallest absolute Gasteiger partial charge is 0.191 e. The van der Waals surface area contributed by atoms with Crippen LogP contribution in [-0.2, 0) is 6.54 Å². The molecule has 2 rings (SSSR count). The number of guanidine groups is 1. The second-order valence-electron chi connectivity index (χ2n) is 5.84. The van der Waals surface area contributed by atoms with Crippen molar-refractivity contribution in [3.05, 3.63) is 22.4 Å². The van der Waals surface area contributed by atoms with Gasteiger partial charge in [0.1, 0.15) is 0 Å². The van der Waals surface area contributed by atoms with Gasteiger partial charge in [-0.3, -0.25) is 4.90 Å². The predicted octanol–water partition coefficient (Wildman–Crippen LogP) is 2.06. The van der Waals surface area contributed by atoms with Gasteiger partial charge in [0, 0.05) is 50.2 Å². The molecule has 1 unspecified atom stereocenters. The first-order valence-electron chi connectivity index (χ1n) is 8.16. The summed E-state index contributed by atoms with van der Waals surface area (Å²) >= 11 is 1.75. The summed E-state index contributed by atoms with van der Waals surface area (Å²) in [5, 5.41) is 8.90. The van der Waals surface area contributed by atoms with E-state index in [1.54, 1.807) is 11.3 Å². The maximum atomic E-state index is 4.66. The van der Waals surface area contributed by atoms with Crippen molar-refractivity contribution in [2.24, 2.45) is 4.99 Å². The lowest BCUT2D eigenvalue weighted by molar-refractivity contribution is 0.120. The Hall–Kier alpha value is -0.380. The van der Waals surface area contributed by atoms with Crippen molar-refractivity contribution in [3.8, 4) is 0 Å². The maximum Gasteiger partial charge on any atom is 0.191 e. The molecule has 23 heavy (non-hydrogen) atoms. The fourth-order valence-electron chi connectivity index (χ4n) is 2.54. The normalized spacial score (nSPS) is 18.3. The van der Waals surface area contributed by atoms with Crippen molar-refractivity contribution in [2.45, 2.75) is 26.4 Å². The molecule has 1 aromatic rings. The van der Waals surface area contributed by atoms with Crippen molar-refractivity contribution in [1.29, 1.82) is 0 Å². The fourth-order valence-corrected chi connectivity index (χ4v) is 3.17. The SMILES string of the molecule is CCNC(=NCc1cccs1)NCC(C)N1CCN(C)CC1.I. The first-order valence-corrected chi connectivity index (χ1v) is 9.04. The number of halogens is 1. The van der Waals surface area contributed by atoms with Crippen LogP contribution in [0.3, 0.4) is 0 Å². The Morgan fingerprint density at radius 3 is 2.65 bits per heavy atom. The molecule has 1 aliphatic rings. The molecule has 0 radical (unpaired) electrons. The van der Waals surface area contributed by atoms with E-state index in [1.165, 1.54) is 4.88 Å². The van der Waals surface area contributed by atoms with Crippen molar-refractivity contribution in [3.63, 3.8) is 0 Å². The molecule has 1 aromatic heterocycles. The third-order valence-electron chi connectivity index (χ3n) is 4.04. The summed E-state index contributed by atoms with van der Waals surface area (Å²) in [7, 11) is 2.20. The van der Waals surface area contributed by atoms with Gasteiger partial charge in [0.25, 0.3) is 0 Å². The summed E-state index contributed by atoms with van der Waals surface area (Å²) in [6.45, 7) is 11.6. The standard InChI is InChI=1S/C16H29N5S.HI/c1-4-17-16(19-13-15-6-5-11-22-15)18-12-14(2)21-9-7-20(3)8-10-21;/h5-6,11,14H,4,7-10,12-13H2,1-3H3,(H2,17,18,19);1H. The predicted molar refractivity (Wildman–Crippen MR) is 111 cm³/mol. The van der Waals surface area contributed by atoms with Crippen LogP contribution in [0.4, 0.5) is 0 Å². The lowest BCUT2D eigenvalue weighted by atomic mass is 10.2. The summed E-state index contributed by atoms with van der Waals surface area (Å²) in [4.78, 5) is 10.9. The van der Waals surface area contributed by atoms with Crippen molar-refractivity contribution in [1.82, 2.24) is 20.4 Å². The largest absolute Gasteiger partial charge is 0.357 e. The zero-order valence-corrected chi connectivity index (χ0v) is 17.6. The van der Waals surface area contributed by atoms with Gasteiger partial charge in [-0.1, -0.05) is 6.07 Å². The van der Waals surface area contributed by atoms with E-state index < -0.39 is 0 Å². The van der Waals surface area contributed by atoms with Gasteiger partial charge in [-0.2, -0.15) is 0 Å². The van der Waals surface area contributed by atoms with Crippen molar-refractivity contribution >= 4 is 41.3 Å². The lowest BCUT2D eigenvalue weighted by Gasteiger charge is -2.36. The van der Waals surface area contributed by atoms with E-state index in [0.717, 1.165) is 51.8 Å². The highest BCUT2D eigenvalue weighted by Gasteiger charge is 2.18. The molecule has 2 N–H and O–H groups in total. The number of piperazine rings is 1. The number of nitrogens with one attached hydrogen (secondary N) is 2. The van der Waals surface area contributed by atoms with Crippen LogP contribution in [0.5, 0.6) is 0 Å². The molecule has 5 nitrogen and oxygen atoms in total. The number of hydrogen-bond donors (Lipinski definition) is 2. The Morgan fingerprint density at radius 1 is 1.30 bits per heavy atom. The highest BCUT2D eigenvalue weighted by Crippen LogP contribution is 2.09. The van der Waals surface area contributed by atoms with Gasteiger partial charge < -0.3 is 15.5 Å². The summed E-state index contributed by atoms with van der Waals surface area (Å²) in [6, 6.07) is 4.73. The first-order chi connectivity index (χ1) is 10.7. The van der Waals surface area contributed by atoms with Crippen LogP contribution in [0, 0.1) is 0 Å². The second-order valence-corrected chi connectivity index (χ2v) is 6.88. The van der Waals surface area contributed by atoms with Crippen LogP contribution >= 0.6 is 35.3 Å². The molecular weight excluding hydrogens is 421 g/mol. The summed E-state index contributed by atoms with van der Waals surface area (Å²) < 4.78 is 0. The van der Waals surface area contributed by atoms with Crippen LogP contribution in [-0.4, -0.2) is 68.1 Å². The molecule has 1 atom stereocenters. The average molecular weight is 451 g/mol.